The second-order valence-electron chi connectivity index (χ2n) is 3.52. The molecule has 0 amide bonds. The van der Waals surface area contributed by atoms with Crippen molar-refractivity contribution >= 4 is 11.2 Å². The zero-order valence-electron chi connectivity index (χ0n) is 8.37. The number of rotatable bonds is 0. The molecule has 0 aliphatic heterocycles. The third-order valence-corrected chi connectivity index (χ3v) is 4.93. The van der Waals surface area contributed by atoms with E-state index in [4.69, 9.17) is 0 Å². The van der Waals surface area contributed by atoms with Gasteiger partial charge in [0.25, 0.3) is 0 Å². The molecule has 0 atom stereocenters. The van der Waals surface area contributed by atoms with E-state index < -0.39 is 0 Å². The molecule has 0 saturated heterocycles. The fourth-order valence-corrected chi connectivity index (χ4v) is 4.20. The third-order valence-electron chi connectivity index (χ3n) is 2.64. The summed E-state index contributed by atoms with van der Waals surface area (Å²) in [5.74, 6) is 0. The van der Waals surface area contributed by atoms with Crippen molar-refractivity contribution in [1.29, 1.82) is 0 Å². The summed E-state index contributed by atoms with van der Waals surface area (Å²) in [4.78, 5) is 0. The topological polar surface area (TPSA) is 0 Å². The molecule has 3 rings (SSSR count). The second kappa shape index (κ2) is 5.79. The van der Waals surface area contributed by atoms with Gasteiger partial charge in [-0.05, 0) is 0 Å². The SMILES string of the molecule is [Cl-].[Cl-].[Zr+2][c]1ccc2c(p1)Cc1ccccc1-2. The monoisotopic (exact) mass is 343 g/mol. The molecule has 1 aromatic carbocycles. The second-order valence-corrected chi connectivity index (χ2v) is 7.13. The van der Waals surface area contributed by atoms with Crippen LogP contribution >= 0.6 is 8.19 Å². The summed E-state index contributed by atoms with van der Waals surface area (Å²) in [6.07, 6.45) is 1.16. The third kappa shape index (κ3) is 2.44. The van der Waals surface area contributed by atoms with Crippen molar-refractivity contribution in [3.05, 3.63) is 47.3 Å². The van der Waals surface area contributed by atoms with Crippen LogP contribution in [0.15, 0.2) is 36.4 Å². The van der Waals surface area contributed by atoms with Crippen molar-refractivity contribution in [2.45, 2.75) is 6.42 Å². The molecule has 0 fully saturated rings. The van der Waals surface area contributed by atoms with E-state index in [1.54, 1.807) is 33.0 Å². The average molecular weight is 345 g/mol. The van der Waals surface area contributed by atoms with Gasteiger partial charge in [-0.1, -0.05) is 0 Å². The molecule has 0 N–H and O–H groups in total. The Bertz CT molecular complexity index is 514. The number of halogens is 2. The van der Waals surface area contributed by atoms with E-state index in [1.807, 2.05) is 0 Å². The molecule has 0 radical (unpaired) electrons. The Morgan fingerprint density at radius 1 is 0.938 bits per heavy atom. The van der Waals surface area contributed by atoms with Gasteiger partial charge in [-0.15, -0.1) is 0 Å². The van der Waals surface area contributed by atoms with E-state index in [2.05, 4.69) is 36.4 Å². The first kappa shape index (κ1) is 14.4. The van der Waals surface area contributed by atoms with Gasteiger partial charge in [0.15, 0.2) is 0 Å². The first-order chi connectivity index (χ1) is 6.84. The van der Waals surface area contributed by atoms with Crippen LogP contribution in [0.3, 0.4) is 0 Å². The zero-order chi connectivity index (χ0) is 9.54. The van der Waals surface area contributed by atoms with Crippen LogP contribution in [0.5, 0.6) is 0 Å². The Labute approximate surface area is 125 Å². The minimum atomic E-state index is 0. The van der Waals surface area contributed by atoms with E-state index in [0.29, 0.717) is 0 Å². The first-order valence-electron chi connectivity index (χ1n) is 4.64. The summed E-state index contributed by atoms with van der Waals surface area (Å²) in [5.41, 5.74) is 4.43. The van der Waals surface area contributed by atoms with Crippen LogP contribution in [-0.2, 0) is 31.1 Å². The van der Waals surface area contributed by atoms with Crippen LogP contribution in [0.1, 0.15) is 10.9 Å². The molecule has 0 saturated carbocycles. The summed E-state index contributed by atoms with van der Waals surface area (Å²) in [7, 11) is 1.46. The van der Waals surface area contributed by atoms with Crippen molar-refractivity contribution in [1.82, 2.24) is 0 Å². The Morgan fingerprint density at radius 2 is 1.69 bits per heavy atom. The fourth-order valence-electron chi connectivity index (χ4n) is 2.00. The van der Waals surface area contributed by atoms with E-state index in [9.17, 15) is 0 Å². The molecule has 0 bridgehead atoms. The number of hydrogen-bond acceptors (Lipinski definition) is 0. The molecular formula is C12H8Cl2PZr. The quantitative estimate of drug-likeness (QED) is 0.408. The maximum absolute atomic E-state index is 2.29. The predicted octanol–water partition coefficient (Wildman–Crippen LogP) is -2.98. The van der Waals surface area contributed by atoms with Gasteiger partial charge in [-0.25, -0.2) is 0 Å². The Balaban J connectivity index is 0.000000640. The fraction of sp³-hybridized carbons (Fsp3) is 0.0833. The number of benzene rings is 1. The van der Waals surface area contributed by atoms with Crippen LogP contribution in [0.2, 0.25) is 0 Å². The molecule has 16 heavy (non-hydrogen) atoms. The zero-order valence-corrected chi connectivity index (χ0v) is 13.2. The van der Waals surface area contributed by atoms with Gasteiger partial charge >= 0.3 is 101 Å². The van der Waals surface area contributed by atoms with Crippen LogP contribution in [0, 0.1) is 0 Å². The van der Waals surface area contributed by atoms with E-state index >= 15 is 0 Å². The standard InChI is InChI=1S/C12H8P.2ClH.Zr/c1-2-5-10-9(4-1)8-12-11(10)6-3-7-13-12;;;/h1-6H,8H2;2*1H;/q;;;+2/p-2. The normalized spacial score (nSPS) is 11.4. The van der Waals surface area contributed by atoms with Crippen molar-refractivity contribution in [2.24, 2.45) is 0 Å². The van der Waals surface area contributed by atoms with E-state index in [-0.39, 0.29) is 24.8 Å². The number of fused-ring (bicyclic) bond motifs is 3. The van der Waals surface area contributed by atoms with Gasteiger partial charge in [0.1, 0.15) is 0 Å². The molecule has 0 unspecified atom stereocenters. The van der Waals surface area contributed by atoms with Crippen molar-refractivity contribution in [3.8, 4) is 11.1 Å². The minimum absolute atomic E-state index is 0. The van der Waals surface area contributed by atoms with Crippen molar-refractivity contribution in [2.75, 3.05) is 0 Å². The van der Waals surface area contributed by atoms with E-state index in [0.717, 1.165) is 6.42 Å². The van der Waals surface area contributed by atoms with Gasteiger partial charge in [0.2, 0.25) is 0 Å². The summed E-state index contributed by atoms with van der Waals surface area (Å²) in [6, 6.07) is 13.3. The molecule has 1 heterocycles. The molecule has 1 aliphatic carbocycles. The molecule has 2 aromatic rings. The number of hydrogen-bond donors (Lipinski definition) is 0. The van der Waals surface area contributed by atoms with Crippen LogP contribution in [-0.4, -0.2) is 0 Å². The molecular weight excluding hydrogens is 337 g/mol. The van der Waals surface area contributed by atoms with Crippen LogP contribution in [0.4, 0.5) is 0 Å². The van der Waals surface area contributed by atoms with Gasteiger partial charge < -0.3 is 24.8 Å². The van der Waals surface area contributed by atoms with Crippen molar-refractivity contribution in [3.63, 3.8) is 0 Å². The Kier molecular flexibility index (Phi) is 5.21. The summed E-state index contributed by atoms with van der Waals surface area (Å²) < 4.78 is 1.55. The average Bonchev–Trinajstić information content (AvgIpc) is 2.54. The van der Waals surface area contributed by atoms with E-state index in [1.165, 1.54) is 24.9 Å². The van der Waals surface area contributed by atoms with Gasteiger partial charge in [-0.3, -0.25) is 0 Å². The van der Waals surface area contributed by atoms with Crippen LogP contribution < -0.4 is 27.8 Å². The molecule has 1 aliphatic rings. The Hall–Kier alpha value is 0.333. The molecule has 4 heteroatoms. The maximum atomic E-state index is 2.29. The summed E-state index contributed by atoms with van der Waals surface area (Å²) in [6.45, 7) is 0. The predicted molar refractivity (Wildman–Crippen MR) is 56.8 cm³/mol. The summed E-state index contributed by atoms with van der Waals surface area (Å²) >= 11 is 1.55. The molecule has 79 valence electrons. The van der Waals surface area contributed by atoms with Crippen LogP contribution in [0.25, 0.3) is 11.1 Å². The van der Waals surface area contributed by atoms with Gasteiger partial charge in [0, 0.05) is 0 Å². The molecule has 0 nitrogen and oxygen atoms in total. The van der Waals surface area contributed by atoms with Gasteiger partial charge in [-0.2, -0.15) is 0 Å². The Morgan fingerprint density at radius 3 is 2.50 bits per heavy atom. The first-order valence-corrected chi connectivity index (χ1v) is 6.77. The molecule has 0 spiro atoms. The van der Waals surface area contributed by atoms with Gasteiger partial charge in [0.05, 0.1) is 0 Å². The van der Waals surface area contributed by atoms with Crippen molar-refractivity contribution < 1.29 is 49.5 Å². The summed E-state index contributed by atoms with van der Waals surface area (Å²) in [5, 5.41) is 1.60. The molecule has 1 aromatic heterocycles.